The highest BCUT2D eigenvalue weighted by Gasteiger charge is 2.35. The van der Waals surface area contributed by atoms with E-state index in [1.165, 1.54) is 36.3 Å². The fourth-order valence-corrected chi connectivity index (χ4v) is 6.36. The van der Waals surface area contributed by atoms with Crippen molar-refractivity contribution >= 4 is 62.3 Å². The molecule has 3 aromatic rings. The maximum absolute atomic E-state index is 14.2. The van der Waals surface area contributed by atoms with E-state index in [-0.39, 0.29) is 46.3 Å². The average molecular weight is 655 g/mol. The number of methoxy groups -OCH3 is 1. The van der Waals surface area contributed by atoms with Gasteiger partial charge in [-0.3, -0.25) is 13.9 Å². The predicted octanol–water partition coefficient (Wildman–Crippen LogP) is 6.57. The predicted molar refractivity (Wildman–Crippen MR) is 168 cm³/mol. The van der Waals surface area contributed by atoms with E-state index in [1.807, 2.05) is 13.8 Å². The molecule has 1 N–H and O–H groups in total. The van der Waals surface area contributed by atoms with Crippen molar-refractivity contribution in [3.8, 4) is 5.75 Å². The van der Waals surface area contributed by atoms with E-state index in [9.17, 15) is 18.0 Å². The van der Waals surface area contributed by atoms with Crippen LogP contribution >= 0.6 is 34.8 Å². The van der Waals surface area contributed by atoms with Gasteiger partial charge in [-0.2, -0.15) is 0 Å². The summed E-state index contributed by atoms with van der Waals surface area (Å²) in [5.74, 6) is -0.794. The summed E-state index contributed by atoms with van der Waals surface area (Å²) in [7, 11) is -2.90. The number of ether oxygens (including phenoxy) is 1. The molecule has 0 radical (unpaired) electrons. The van der Waals surface area contributed by atoms with Gasteiger partial charge in [-0.15, -0.1) is 0 Å². The SMILES string of the molecule is CC[C@H](C)NC(=O)[C@H](CC)N(Cc1ccc(Cl)cc1Cl)C(=O)CN(c1cc(Cl)ccc1OC)S(=O)(=O)c1ccccc1. The zero-order valence-corrected chi connectivity index (χ0v) is 26.9. The smallest absolute Gasteiger partial charge is 0.264 e. The number of halogens is 3. The Kier molecular flexibility index (Phi) is 11.9. The summed E-state index contributed by atoms with van der Waals surface area (Å²) in [5.41, 5.74) is 0.616. The standard InChI is InChI=1S/C30H34Cl3N3O5S/c1-5-20(3)34-30(38)26(6-2)35(18-21-12-13-22(31)16-25(21)33)29(37)19-36(27-17-23(32)14-15-28(27)41-4)42(39,40)24-10-8-7-9-11-24/h7-17,20,26H,5-6,18-19H2,1-4H3,(H,34,38)/t20-,26-/m0/s1. The summed E-state index contributed by atoms with van der Waals surface area (Å²) >= 11 is 18.8. The van der Waals surface area contributed by atoms with Crippen LogP contribution in [0.4, 0.5) is 5.69 Å². The number of anilines is 1. The molecular formula is C30H34Cl3N3O5S. The van der Waals surface area contributed by atoms with Crippen molar-refractivity contribution in [2.45, 2.75) is 57.1 Å². The third-order valence-corrected chi connectivity index (χ3v) is 9.36. The molecule has 0 unspecified atom stereocenters. The first-order chi connectivity index (χ1) is 19.9. The Hall–Kier alpha value is -2.98. The van der Waals surface area contributed by atoms with E-state index in [2.05, 4.69) is 5.32 Å². The Bertz CT molecular complexity index is 1510. The van der Waals surface area contributed by atoms with Gasteiger partial charge >= 0.3 is 0 Å². The molecule has 0 saturated carbocycles. The van der Waals surface area contributed by atoms with E-state index in [4.69, 9.17) is 39.5 Å². The molecule has 0 saturated heterocycles. The van der Waals surface area contributed by atoms with Gasteiger partial charge in [0.1, 0.15) is 18.3 Å². The minimum atomic E-state index is -4.29. The molecule has 0 aliphatic heterocycles. The molecule has 3 aromatic carbocycles. The lowest BCUT2D eigenvalue weighted by Crippen LogP contribution is -2.53. The van der Waals surface area contributed by atoms with Crippen LogP contribution in [-0.2, 0) is 26.2 Å². The fourth-order valence-electron chi connectivity index (χ4n) is 4.29. The third kappa shape index (κ3) is 8.10. The number of hydrogen-bond acceptors (Lipinski definition) is 5. The first kappa shape index (κ1) is 33.5. The fraction of sp³-hybridized carbons (Fsp3) is 0.333. The summed E-state index contributed by atoms with van der Waals surface area (Å²) in [6, 6.07) is 16.0. The zero-order valence-electron chi connectivity index (χ0n) is 23.8. The van der Waals surface area contributed by atoms with Crippen LogP contribution < -0.4 is 14.4 Å². The minimum Gasteiger partial charge on any atom is -0.495 e. The summed E-state index contributed by atoms with van der Waals surface area (Å²) < 4.78 is 34.4. The van der Waals surface area contributed by atoms with Gasteiger partial charge in [0, 0.05) is 27.7 Å². The van der Waals surface area contributed by atoms with Gasteiger partial charge < -0.3 is 15.0 Å². The molecule has 0 aliphatic carbocycles. The lowest BCUT2D eigenvalue weighted by Gasteiger charge is -2.34. The zero-order chi connectivity index (χ0) is 31.0. The second-order valence-corrected chi connectivity index (χ2v) is 12.8. The first-order valence-corrected chi connectivity index (χ1v) is 15.9. The Morgan fingerprint density at radius 1 is 0.929 bits per heavy atom. The molecule has 0 heterocycles. The van der Waals surface area contributed by atoms with Gasteiger partial charge in [0.15, 0.2) is 0 Å². The lowest BCUT2D eigenvalue weighted by molar-refractivity contribution is -0.140. The summed E-state index contributed by atoms with van der Waals surface area (Å²) in [6.45, 7) is 4.88. The summed E-state index contributed by atoms with van der Waals surface area (Å²) in [5, 5.41) is 3.90. The molecule has 12 heteroatoms. The van der Waals surface area contributed by atoms with Crippen LogP contribution in [-0.4, -0.2) is 50.9 Å². The number of benzene rings is 3. The van der Waals surface area contributed by atoms with Crippen LogP contribution in [0, 0.1) is 0 Å². The van der Waals surface area contributed by atoms with Gasteiger partial charge in [-0.25, -0.2) is 8.42 Å². The van der Waals surface area contributed by atoms with Crippen molar-refractivity contribution in [3.05, 3.63) is 87.4 Å². The van der Waals surface area contributed by atoms with Crippen molar-refractivity contribution in [2.75, 3.05) is 18.0 Å². The highest BCUT2D eigenvalue weighted by atomic mass is 35.5. The Labute approximate surface area is 262 Å². The van der Waals surface area contributed by atoms with Gasteiger partial charge in [-0.05, 0) is 67.8 Å². The van der Waals surface area contributed by atoms with E-state index >= 15 is 0 Å². The van der Waals surface area contributed by atoms with Crippen molar-refractivity contribution in [1.29, 1.82) is 0 Å². The van der Waals surface area contributed by atoms with Crippen molar-refractivity contribution in [1.82, 2.24) is 10.2 Å². The third-order valence-electron chi connectivity index (χ3n) is 6.76. The second-order valence-electron chi connectivity index (χ2n) is 9.64. The van der Waals surface area contributed by atoms with E-state index in [0.717, 1.165) is 4.31 Å². The molecule has 0 bridgehead atoms. The van der Waals surface area contributed by atoms with Gasteiger partial charge in [0.05, 0.1) is 17.7 Å². The van der Waals surface area contributed by atoms with Crippen LogP contribution in [0.2, 0.25) is 15.1 Å². The number of sulfonamides is 1. The number of carbonyl (C=O) groups is 2. The van der Waals surface area contributed by atoms with Crippen LogP contribution in [0.25, 0.3) is 0 Å². The quantitative estimate of drug-likeness (QED) is 0.225. The van der Waals surface area contributed by atoms with Crippen molar-refractivity contribution in [3.63, 3.8) is 0 Å². The molecule has 8 nitrogen and oxygen atoms in total. The maximum atomic E-state index is 14.2. The molecule has 0 aliphatic rings. The second kappa shape index (κ2) is 15.0. The Morgan fingerprint density at radius 3 is 2.17 bits per heavy atom. The lowest BCUT2D eigenvalue weighted by atomic mass is 10.1. The van der Waals surface area contributed by atoms with Gasteiger partial charge in [0.25, 0.3) is 10.0 Å². The number of nitrogens with zero attached hydrogens (tertiary/aromatic N) is 2. The highest BCUT2D eigenvalue weighted by molar-refractivity contribution is 7.92. The monoisotopic (exact) mass is 653 g/mol. The Balaban J connectivity index is 2.14. The van der Waals surface area contributed by atoms with E-state index in [1.54, 1.807) is 49.4 Å². The number of hydrogen-bond donors (Lipinski definition) is 1. The number of amides is 2. The molecule has 2 amide bonds. The molecule has 0 fully saturated rings. The van der Waals surface area contributed by atoms with Crippen molar-refractivity contribution in [2.24, 2.45) is 0 Å². The van der Waals surface area contributed by atoms with E-state index in [0.29, 0.717) is 22.0 Å². The number of nitrogens with one attached hydrogen (secondary N) is 1. The van der Waals surface area contributed by atoms with Crippen LogP contribution in [0.15, 0.2) is 71.6 Å². The van der Waals surface area contributed by atoms with Crippen LogP contribution in [0.5, 0.6) is 5.75 Å². The minimum absolute atomic E-state index is 0.0336. The number of carbonyl (C=O) groups excluding carboxylic acids is 2. The first-order valence-electron chi connectivity index (χ1n) is 13.4. The largest absolute Gasteiger partial charge is 0.495 e. The van der Waals surface area contributed by atoms with Crippen molar-refractivity contribution < 1.29 is 22.7 Å². The topological polar surface area (TPSA) is 96.0 Å². The summed E-state index contributed by atoms with van der Waals surface area (Å²) in [6.07, 6.45) is 0.960. The molecular weight excluding hydrogens is 621 g/mol. The summed E-state index contributed by atoms with van der Waals surface area (Å²) in [4.78, 5) is 28.9. The molecule has 0 spiro atoms. The van der Waals surface area contributed by atoms with Gasteiger partial charge in [-0.1, -0.05) is 72.9 Å². The number of rotatable bonds is 13. The normalized spacial score (nSPS) is 12.7. The van der Waals surface area contributed by atoms with E-state index < -0.39 is 28.5 Å². The molecule has 226 valence electrons. The van der Waals surface area contributed by atoms with Crippen LogP contribution in [0.3, 0.4) is 0 Å². The molecule has 3 rings (SSSR count). The molecule has 0 aromatic heterocycles. The average Bonchev–Trinajstić information content (AvgIpc) is 2.97. The molecule has 42 heavy (non-hydrogen) atoms. The highest BCUT2D eigenvalue weighted by Crippen LogP contribution is 2.35. The van der Waals surface area contributed by atoms with Gasteiger partial charge in [0.2, 0.25) is 11.8 Å². The Morgan fingerprint density at radius 2 is 1.57 bits per heavy atom. The van der Waals surface area contributed by atoms with Crippen LogP contribution in [0.1, 0.15) is 39.2 Å². The molecule has 2 atom stereocenters. The maximum Gasteiger partial charge on any atom is 0.264 e.